The number of carbonyl (C=O) groups is 2. The normalized spacial score (nSPS) is 45.8. The second-order valence-electron chi connectivity index (χ2n) is 13.1. The molecule has 2 saturated heterocycles. The molecular formula is C27H45NO3. The zero-order valence-electron chi connectivity index (χ0n) is 21.2. The number of hydrogen-bond acceptors (Lipinski definition) is 4. The van der Waals surface area contributed by atoms with E-state index >= 15 is 0 Å². The average molecular weight is 432 g/mol. The van der Waals surface area contributed by atoms with Gasteiger partial charge in [0.1, 0.15) is 11.9 Å². The predicted molar refractivity (Wildman–Crippen MR) is 124 cm³/mol. The van der Waals surface area contributed by atoms with E-state index in [9.17, 15) is 9.59 Å². The Morgan fingerprint density at radius 2 is 1.81 bits per heavy atom. The van der Waals surface area contributed by atoms with Crippen molar-refractivity contribution in [2.45, 2.75) is 112 Å². The maximum Gasteiger partial charge on any atom is 0.311 e. The SMILES string of the molecule is CC(C)C1C[C@H]2[C@@H]3CCN4C(C)C(=O)CC[C@]4(C)[C@@H]3CC[C@]2(C)C1OC(=O)C(C)(C)C. The van der Waals surface area contributed by atoms with Gasteiger partial charge in [-0.25, -0.2) is 0 Å². The number of piperidine rings is 2. The van der Waals surface area contributed by atoms with Gasteiger partial charge in [0.05, 0.1) is 11.5 Å². The molecule has 4 rings (SSSR count). The molecule has 0 aromatic heterocycles. The summed E-state index contributed by atoms with van der Waals surface area (Å²) in [6, 6.07) is 0.0699. The number of ketones is 1. The average Bonchev–Trinajstić information content (AvgIpc) is 2.97. The van der Waals surface area contributed by atoms with Crippen LogP contribution in [-0.4, -0.2) is 40.9 Å². The van der Waals surface area contributed by atoms with Crippen molar-refractivity contribution in [1.29, 1.82) is 0 Å². The summed E-state index contributed by atoms with van der Waals surface area (Å²) in [4.78, 5) is 27.9. The van der Waals surface area contributed by atoms with E-state index < -0.39 is 5.41 Å². The summed E-state index contributed by atoms with van der Waals surface area (Å²) in [5.41, 5.74) is -0.243. The molecule has 4 heteroatoms. The summed E-state index contributed by atoms with van der Waals surface area (Å²) in [5, 5.41) is 0. The van der Waals surface area contributed by atoms with Crippen LogP contribution in [0.3, 0.4) is 0 Å². The molecule has 8 atom stereocenters. The molecule has 176 valence electrons. The molecule has 4 fully saturated rings. The second-order valence-corrected chi connectivity index (χ2v) is 13.1. The van der Waals surface area contributed by atoms with E-state index in [2.05, 4.69) is 39.5 Å². The van der Waals surface area contributed by atoms with Crippen LogP contribution in [0.5, 0.6) is 0 Å². The molecule has 0 N–H and O–H groups in total. The minimum atomic E-state index is -0.462. The predicted octanol–water partition coefficient (Wildman–Crippen LogP) is 5.48. The van der Waals surface area contributed by atoms with Crippen LogP contribution in [0.1, 0.15) is 93.9 Å². The van der Waals surface area contributed by atoms with Gasteiger partial charge in [-0.2, -0.15) is 0 Å². The Kier molecular flexibility index (Phi) is 5.68. The summed E-state index contributed by atoms with van der Waals surface area (Å²) in [5.74, 6) is 3.28. The van der Waals surface area contributed by atoms with Crippen LogP contribution in [-0.2, 0) is 14.3 Å². The van der Waals surface area contributed by atoms with E-state index in [1.54, 1.807) is 0 Å². The Balaban J connectivity index is 1.63. The minimum absolute atomic E-state index is 0.0304. The Morgan fingerprint density at radius 3 is 2.42 bits per heavy atom. The molecule has 2 aliphatic heterocycles. The van der Waals surface area contributed by atoms with Crippen molar-refractivity contribution in [2.24, 2.45) is 40.4 Å². The van der Waals surface area contributed by atoms with E-state index in [-0.39, 0.29) is 29.1 Å². The third-order valence-corrected chi connectivity index (χ3v) is 10.1. The van der Waals surface area contributed by atoms with E-state index in [1.807, 2.05) is 20.8 Å². The highest BCUT2D eigenvalue weighted by Crippen LogP contribution is 2.64. The number of hydrogen-bond donors (Lipinski definition) is 0. The lowest BCUT2D eigenvalue weighted by Gasteiger charge is -2.62. The number of esters is 1. The standard InChI is InChI=1S/C27H45NO3/c1-16(2)19-15-21-18-11-14-28-17(3)22(29)10-13-27(28,8)20(18)9-12-26(21,7)23(19)31-24(30)25(4,5)6/h16-21,23H,9-15H2,1-8H3/t17?,18-,19?,20-,21+,23?,26+,27-/m1/s1. The van der Waals surface area contributed by atoms with Gasteiger partial charge in [-0.15, -0.1) is 0 Å². The van der Waals surface area contributed by atoms with E-state index in [0.717, 1.165) is 25.8 Å². The number of rotatable bonds is 2. The van der Waals surface area contributed by atoms with Gasteiger partial charge < -0.3 is 4.74 Å². The van der Waals surface area contributed by atoms with Gasteiger partial charge in [-0.05, 0) is 103 Å². The topological polar surface area (TPSA) is 46.6 Å². The Bertz CT molecular complexity index is 739. The maximum atomic E-state index is 12.9. The number of nitrogens with zero attached hydrogens (tertiary/aromatic N) is 1. The molecule has 0 bridgehead atoms. The van der Waals surface area contributed by atoms with Crippen molar-refractivity contribution >= 4 is 11.8 Å². The molecule has 4 aliphatic rings. The Labute approximate surface area is 189 Å². The van der Waals surface area contributed by atoms with Crippen LogP contribution in [0, 0.1) is 40.4 Å². The molecule has 31 heavy (non-hydrogen) atoms. The molecule has 0 aromatic carbocycles. The number of fused-ring (bicyclic) bond motifs is 5. The lowest BCUT2D eigenvalue weighted by molar-refractivity contribution is -0.177. The summed E-state index contributed by atoms with van der Waals surface area (Å²) < 4.78 is 6.37. The van der Waals surface area contributed by atoms with Crippen LogP contribution in [0.4, 0.5) is 0 Å². The monoisotopic (exact) mass is 431 g/mol. The molecule has 2 saturated carbocycles. The third-order valence-electron chi connectivity index (χ3n) is 10.1. The fraction of sp³-hybridized carbons (Fsp3) is 0.926. The molecule has 0 amide bonds. The van der Waals surface area contributed by atoms with Crippen molar-refractivity contribution in [3.05, 3.63) is 0 Å². The molecule has 0 radical (unpaired) electrons. The first-order chi connectivity index (χ1) is 14.3. The number of Topliss-reactive ketones (excluding diaryl/α,β-unsaturated/α-hetero) is 1. The van der Waals surface area contributed by atoms with Gasteiger partial charge in [-0.1, -0.05) is 20.8 Å². The molecular weight excluding hydrogens is 386 g/mol. The quantitative estimate of drug-likeness (QED) is 0.543. The zero-order chi connectivity index (χ0) is 22.9. The Hall–Kier alpha value is -0.900. The molecule has 0 spiro atoms. The van der Waals surface area contributed by atoms with Crippen molar-refractivity contribution in [3.63, 3.8) is 0 Å². The number of ether oxygens (including phenoxy) is 1. The van der Waals surface area contributed by atoms with Crippen LogP contribution in [0.25, 0.3) is 0 Å². The first kappa shape index (κ1) is 23.3. The van der Waals surface area contributed by atoms with Gasteiger partial charge in [0.25, 0.3) is 0 Å². The first-order valence-corrected chi connectivity index (χ1v) is 12.8. The van der Waals surface area contributed by atoms with Crippen molar-refractivity contribution in [1.82, 2.24) is 4.90 Å². The van der Waals surface area contributed by atoms with Crippen molar-refractivity contribution in [3.8, 4) is 0 Å². The van der Waals surface area contributed by atoms with E-state index in [4.69, 9.17) is 4.74 Å². The lowest BCUT2D eigenvalue weighted by Crippen LogP contribution is -2.67. The highest BCUT2D eigenvalue weighted by atomic mass is 16.5. The molecule has 2 aliphatic carbocycles. The van der Waals surface area contributed by atoms with Crippen LogP contribution < -0.4 is 0 Å². The smallest absolute Gasteiger partial charge is 0.311 e. The van der Waals surface area contributed by atoms with Gasteiger partial charge >= 0.3 is 5.97 Å². The molecule has 0 aromatic rings. The first-order valence-electron chi connectivity index (χ1n) is 12.8. The fourth-order valence-corrected chi connectivity index (χ4v) is 8.13. The highest BCUT2D eigenvalue weighted by molar-refractivity contribution is 5.84. The molecule has 4 nitrogen and oxygen atoms in total. The highest BCUT2D eigenvalue weighted by Gasteiger charge is 2.64. The van der Waals surface area contributed by atoms with Gasteiger partial charge in [-0.3, -0.25) is 14.5 Å². The van der Waals surface area contributed by atoms with E-state index in [1.165, 1.54) is 19.3 Å². The fourth-order valence-electron chi connectivity index (χ4n) is 8.13. The van der Waals surface area contributed by atoms with Crippen LogP contribution in [0.15, 0.2) is 0 Å². The zero-order valence-corrected chi connectivity index (χ0v) is 21.2. The van der Waals surface area contributed by atoms with Gasteiger partial charge in [0.15, 0.2) is 0 Å². The lowest BCUT2D eigenvalue weighted by atomic mass is 9.52. The number of carbonyl (C=O) groups excluding carboxylic acids is 2. The molecule has 3 unspecified atom stereocenters. The molecule has 2 heterocycles. The summed E-state index contributed by atoms with van der Waals surface area (Å²) in [6.45, 7) is 18.5. The minimum Gasteiger partial charge on any atom is -0.461 e. The summed E-state index contributed by atoms with van der Waals surface area (Å²) >= 11 is 0. The van der Waals surface area contributed by atoms with Crippen molar-refractivity contribution < 1.29 is 14.3 Å². The maximum absolute atomic E-state index is 12.9. The summed E-state index contributed by atoms with van der Waals surface area (Å²) in [6.07, 6.45) is 6.47. The van der Waals surface area contributed by atoms with Crippen LogP contribution in [0.2, 0.25) is 0 Å². The van der Waals surface area contributed by atoms with Crippen molar-refractivity contribution in [2.75, 3.05) is 6.54 Å². The second kappa shape index (κ2) is 7.57. The van der Waals surface area contributed by atoms with Crippen LogP contribution >= 0.6 is 0 Å². The van der Waals surface area contributed by atoms with Gasteiger partial charge in [0.2, 0.25) is 0 Å². The Morgan fingerprint density at radius 1 is 1.13 bits per heavy atom. The van der Waals surface area contributed by atoms with Gasteiger partial charge in [0, 0.05) is 17.4 Å². The third kappa shape index (κ3) is 3.50. The largest absolute Gasteiger partial charge is 0.461 e. The van der Waals surface area contributed by atoms with E-state index in [0.29, 0.717) is 35.4 Å². The summed E-state index contributed by atoms with van der Waals surface area (Å²) in [7, 11) is 0.